The van der Waals surface area contributed by atoms with Crippen LogP contribution >= 0.6 is 19.4 Å². The Bertz CT molecular complexity index is 4870. The third-order valence-corrected chi connectivity index (χ3v) is 19.4. The van der Waals surface area contributed by atoms with Crippen LogP contribution in [-0.4, -0.2) is 96.8 Å². The van der Waals surface area contributed by atoms with Crippen molar-refractivity contribution in [3.8, 4) is 22.7 Å². The van der Waals surface area contributed by atoms with E-state index >= 15 is 27.2 Å². The summed E-state index contributed by atoms with van der Waals surface area (Å²) in [5.74, 6) is -13.8. The van der Waals surface area contributed by atoms with Crippen molar-refractivity contribution >= 4 is 80.8 Å². The van der Waals surface area contributed by atoms with Crippen molar-refractivity contribution in [1.82, 2.24) is 44.7 Å². The third kappa shape index (κ3) is 16.0. The van der Waals surface area contributed by atoms with Gasteiger partial charge in [0.2, 0.25) is 27.7 Å². The quantitative estimate of drug-likeness (QED) is 0.0323. The predicted octanol–water partition coefficient (Wildman–Crippen LogP) is 13.0. The van der Waals surface area contributed by atoms with Gasteiger partial charge in [-0.3, -0.25) is 47.0 Å². The Hall–Kier alpha value is -8.71. The number of carbonyl (C=O) groups excluding carboxylic acids is 4. The number of anilines is 1. The Morgan fingerprint density at radius 3 is 2.16 bits per heavy atom. The van der Waals surface area contributed by atoms with E-state index in [0.29, 0.717) is 32.9 Å². The van der Waals surface area contributed by atoms with E-state index in [2.05, 4.69) is 25.8 Å². The number of phosphoric acid groups is 1. The molecule has 2 N–H and O–H groups in total. The third-order valence-electron chi connectivity index (χ3n) is 16.3. The molecule has 0 radical (unpaired) electrons. The van der Waals surface area contributed by atoms with Gasteiger partial charge in [-0.2, -0.15) is 36.5 Å². The number of halogens is 10. The molecular weight excluding hydrogens is 1410 g/mol. The lowest BCUT2D eigenvalue weighted by Crippen LogP contribution is -2.40. The van der Waals surface area contributed by atoms with Gasteiger partial charge >= 0.3 is 20.0 Å². The van der Waals surface area contributed by atoms with Crippen LogP contribution < -0.4 is 25.0 Å². The molecule has 1 fully saturated rings. The molecule has 8 aromatic rings. The highest BCUT2D eigenvalue weighted by Gasteiger charge is 2.67. The number of benzene rings is 4. The first-order chi connectivity index (χ1) is 46.8. The molecule has 3 atom stereocenters. The fourth-order valence-corrected chi connectivity index (χ4v) is 15.3. The minimum Gasteiger partial charge on any atom is -0.459 e. The largest absolute Gasteiger partial charge is 0.530 e. The summed E-state index contributed by atoms with van der Waals surface area (Å²) in [4.78, 5) is 81.1. The van der Waals surface area contributed by atoms with Crippen molar-refractivity contribution in [2.75, 3.05) is 17.1 Å². The minimum atomic E-state index is -4.92. The number of rotatable bonds is 24. The van der Waals surface area contributed by atoms with Crippen molar-refractivity contribution in [1.29, 1.82) is 0 Å². The van der Waals surface area contributed by atoms with Gasteiger partial charge in [-0.1, -0.05) is 43.6 Å². The Morgan fingerprint density at radius 2 is 1.54 bits per heavy atom. The monoisotopic (exact) mass is 1470 g/mol. The summed E-state index contributed by atoms with van der Waals surface area (Å²) in [6, 6.07) is 12.3. The summed E-state index contributed by atoms with van der Waals surface area (Å²) in [6.45, 7) is 14.0. The van der Waals surface area contributed by atoms with Gasteiger partial charge < -0.3 is 19.9 Å². The maximum Gasteiger partial charge on any atom is 0.530 e. The number of pyridine rings is 1. The molecule has 2 aliphatic rings. The first-order valence-electron chi connectivity index (χ1n) is 31.4. The molecule has 0 aliphatic heterocycles. The number of carbonyl (C=O) groups is 4. The van der Waals surface area contributed by atoms with E-state index in [0.717, 1.165) is 33.5 Å². The normalized spacial score (nSPS) is 15.7. The predicted molar refractivity (Wildman–Crippen MR) is 352 cm³/mol. The van der Waals surface area contributed by atoms with Crippen LogP contribution in [0.5, 0.6) is 5.75 Å². The second-order valence-electron chi connectivity index (χ2n) is 26.9. The molecule has 0 spiro atoms. The maximum absolute atomic E-state index is 15.9. The van der Waals surface area contributed by atoms with Gasteiger partial charge in [0.25, 0.3) is 17.9 Å². The summed E-state index contributed by atoms with van der Waals surface area (Å²) in [5, 5.41) is 12.4. The Morgan fingerprint density at radius 1 is 0.881 bits per heavy atom. The molecule has 0 saturated heterocycles. The van der Waals surface area contributed by atoms with Crippen molar-refractivity contribution in [2.45, 2.75) is 155 Å². The van der Waals surface area contributed by atoms with E-state index in [-0.39, 0.29) is 72.6 Å². The zero-order valence-electron chi connectivity index (χ0n) is 56.3. The Balaban J connectivity index is 1.14. The fourth-order valence-electron chi connectivity index (χ4n) is 12.7. The number of hydrogen-bond donors (Lipinski definition) is 2. The molecule has 4 aromatic carbocycles. The van der Waals surface area contributed by atoms with Crippen LogP contribution in [-0.2, 0) is 91.5 Å². The summed E-state index contributed by atoms with van der Waals surface area (Å²) in [5.41, 5.74) is -8.16. The number of aromatic nitrogens is 7. The molecule has 101 heavy (non-hydrogen) atoms. The number of aryl methyl sites for hydroxylation is 2. The number of fused-ring (bicyclic) bond motifs is 5. The number of nitrogens with one attached hydrogen (secondary N) is 2. The first kappa shape index (κ1) is 75.0. The average molecular weight is 1480 g/mol. The molecule has 1 saturated carbocycles. The molecule has 10 rings (SSSR count). The van der Waals surface area contributed by atoms with Gasteiger partial charge in [0, 0.05) is 54.0 Å². The second kappa shape index (κ2) is 27.6. The molecule has 4 heterocycles. The highest BCUT2D eigenvalue weighted by molar-refractivity contribution is 7.92. The number of esters is 1. The van der Waals surface area contributed by atoms with Gasteiger partial charge in [0.15, 0.2) is 5.82 Å². The van der Waals surface area contributed by atoms with E-state index in [1.54, 1.807) is 61.5 Å². The average Bonchev–Trinajstić information content (AvgIpc) is 1.52. The number of amides is 3. The Kier molecular flexibility index (Phi) is 20.5. The number of ether oxygens (including phenoxy) is 1. The lowest BCUT2D eigenvalue weighted by molar-refractivity contribution is -0.154. The number of alkyl halides is 7. The van der Waals surface area contributed by atoms with E-state index in [1.165, 1.54) is 57.3 Å². The van der Waals surface area contributed by atoms with Gasteiger partial charge in [-0.15, -0.1) is 0 Å². The maximum atomic E-state index is 15.9. The van der Waals surface area contributed by atoms with Crippen molar-refractivity contribution in [2.24, 2.45) is 13.0 Å². The van der Waals surface area contributed by atoms with Crippen LogP contribution in [0.3, 0.4) is 0 Å². The van der Waals surface area contributed by atoms with Crippen LogP contribution in [0, 0.1) is 24.5 Å². The molecule has 34 heteroatoms. The Labute approximate surface area is 577 Å². The van der Waals surface area contributed by atoms with Crippen LogP contribution in [0.4, 0.5) is 45.3 Å². The van der Waals surface area contributed by atoms with Gasteiger partial charge in [-0.25, -0.2) is 40.5 Å². The molecule has 2 aliphatic carbocycles. The van der Waals surface area contributed by atoms with Crippen molar-refractivity contribution in [3.05, 3.63) is 157 Å². The number of nitrogens with zero attached hydrogens (tertiary/aromatic N) is 8. The standard InChI is InChI=1S/C67H69ClF9N10O12PS/c1-32(2)97-100(93,98-33(3)4)99-48-21-34(5)20-37(26-50(88)78-30-53(91)96-64(6,7)8)56(48)65(9,10)29-52(90)87(101(12,94)95)62-55-43(68)18-19-47(58(55)84(11)83-62)86-61(81-45-25-36(16-17-40(45)63(86)92)44-14-13-15-49(79-44)67(75,76)77)46(24-35-22-38(69)27-39(70)23-35)80-51(89)31-85-59-54(57(82-85)60(71)72)41-28-42(41)66(59,73)74/h13-23,25,27,32-33,41-42,46,60H,24,26,28-31H2,1-12H3,(H,78,88)(H,80,89)/t41-,42+,46-/m0/s1. The molecular formula is C67H69ClF9N10O12PS. The van der Waals surface area contributed by atoms with Gasteiger partial charge in [-0.05, 0) is 139 Å². The number of hydrogen-bond acceptors (Lipinski definition) is 16. The van der Waals surface area contributed by atoms with E-state index in [4.69, 9.17) is 34.9 Å². The second-order valence-corrected chi connectivity index (χ2v) is 30.7. The molecule has 0 unspecified atom stereocenters. The molecule has 3 amide bonds. The summed E-state index contributed by atoms with van der Waals surface area (Å²) >= 11 is 7.07. The summed E-state index contributed by atoms with van der Waals surface area (Å²) in [7, 11) is -8.25. The van der Waals surface area contributed by atoms with Gasteiger partial charge in [0.1, 0.15) is 59.0 Å². The van der Waals surface area contributed by atoms with Gasteiger partial charge in [0.05, 0.1) is 69.1 Å². The smallest absolute Gasteiger partial charge is 0.459 e. The van der Waals surface area contributed by atoms with Crippen LogP contribution in [0.25, 0.3) is 38.8 Å². The molecule has 540 valence electrons. The van der Waals surface area contributed by atoms with Crippen LogP contribution in [0.15, 0.2) is 83.7 Å². The zero-order valence-corrected chi connectivity index (χ0v) is 58.8. The van der Waals surface area contributed by atoms with Crippen molar-refractivity contribution in [3.63, 3.8) is 0 Å². The fraction of sp³-hybridized carbons (Fsp3) is 0.418. The SMILES string of the molecule is Cc1cc(CC(=O)NCC(=O)OC(C)(C)C)c(C(C)(C)CC(=O)N(c2nn(C)c3c(-n4c([C@H](Cc5cc(F)cc(F)c5)NC(=O)Cn5nc(C(F)F)c6c5C(F)(F)[C@@H]5C[C@H]65)nc5cc(-c6cccc(C(F)(F)F)n6)ccc5c4=O)ccc(Cl)c23)S(C)(=O)=O)c(OP(=O)(OC(C)C)OC(C)C)c1. The molecule has 4 aromatic heterocycles. The highest BCUT2D eigenvalue weighted by atomic mass is 35.5. The topological polar surface area (TPSA) is 267 Å². The highest BCUT2D eigenvalue weighted by Crippen LogP contribution is 2.68. The minimum absolute atomic E-state index is 0.0147. The van der Waals surface area contributed by atoms with E-state index in [1.807, 2.05) is 0 Å². The first-order valence-corrected chi connectivity index (χ1v) is 35.1. The van der Waals surface area contributed by atoms with Crippen molar-refractivity contribution < 1.29 is 90.0 Å². The lowest BCUT2D eigenvalue weighted by Gasteiger charge is -2.32. The number of phosphoric ester groups is 1. The lowest BCUT2D eigenvalue weighted by atomic mass is 9.77. The van der Waals surface area contributed by atoms with Crippen LogP contribution in [0.1, 0.15) is 144 Å². The summed E-state index contributed by atoms with van der Waals surface area (Å²) in [6.07, 6.45) is -11.3. The van der Waals surface area contributed by atoms with E-state index < -0.39 is 185 Å². The van der Waals surface area contributed by atoms with Crippen LogP contribution in [0.2, 0.25) is 5.02 Å². The number of sulfonamides is 1. The zero-order chi connectivity index (χ0) is 74.3. The summed E-state index contributed by atoms with van der Waals surface area (Å²) < 4.78 is 203. The molecule has 22 nitrogen and oxygen atoms in total. The van der Waals surface area contributed by atoms with E-state index in [9.17, 15) is 49.3 Å². The molecule has 0 bridgehead atoms.